The SMILES string of the molecule is CN(CC1CCN(c2cc3c(nn2)CCCC3)CC1)C(=O)C(C)(C)C. The maximum absolute atomic E-state index is 12.4. The van der Waals surface area contributed by atoms with Gasteiger partial charge >= 0.3 is 0 Å². The molecule has 0 N–H and O–H groups in total. The second-order valence-corrected chi connectivity index (χ2v) is 8.75. The normalized spacial score (nSPS) is 18.8. The van der Waals surface area contributed by atoms with E-state index in [1.807, 2.05) is 32.7 Å². The number of carbonyl (C=O) groups is 1. The number of rotatable bonds is 3. The number of hydrogen-bond acceptors (Lipinski definition) is 4. The van der Waals surface area contributed by atoms with E-state index >= 15 is 0 Å². The van der Waals surface area contributed by atoms with Crippen molar-refractivity contribution in [1.82, 2.24) is 15.1 Å². The highest BCUT2D eigenvalue weighted by molar-refractivity contribution is 5.81. The Morgan fingerprint density at radius 2 is 1.88 bits per heavy atom. The summed E-state index contributed by atoms with van der Waals surface area (Å²) in [4.78, 5) is 16.6. The molecular weight excluding hydrogens is 312 g/mol. The van der Waals surface area contributed by atoms with Gasteiger partial charge in [0.2, 0.25) is 5.91 Å². The number of amides is 1. The lowest BCUT2D eigenvalue weighted by Gasteiger charge is -2.36. The summed E-state index contributed by atoms with van der Waals surface area (Å²) < 4.78 is 0. The van der Waals surface area contributed by atoms with Crippen LogP contribution in [0.25, 0.3) is 0 Å². The third-order valence-corrected chi connectivity index (χ3v) is 5.52. The van der Waals surface area contributed by atoms with E-state index < -0.39 is 0 Å². The number of carbonyl (C=O) groups excluding carboxylic acids is 1. The van der Waals surface area contributed by atoms with Gasteiger partial charge < -0.3 is 9.80 Å². The van der Waals surface area contributed by atoms with Crippen LogP contribution in [0.1, 0.15) is 57.7 Å². The summed E-state index contributed by atoms with van der Waals surface area (Å²) in [5.41, 5.74) is 2.30. The van der Waals surface area contributed by atoms with Crippen molar-refractivity contribution in [3.63, 3.8) is 0 Å². The van der Waals surface area contributed by atoms with Crippen LogP contribution in [0.3, 0.4) is 0 Å². The minimum absolute atomic E-state index is 0.232. The molecule has 0 saturated carbocycles. The molecule has 5 heteroatoms. The summed E-state index contributed by atoms with van der Waals surface area (Å²) >= 11 is 0. The van der Waals surface area contributed by atoms with Crippen molar-refractivity contribution in [3.8, 4) is 0 Å². The first kappa shape index (κ1) is 18.2. The number of hydrogen-bond donors (Lipinski definition) is 0. The van der Waals surface area contributed by atoms with Crippen LogP contribution in [0.15, 0.2) is 6.07 Å². The molecule has 0 spiro atoms. The van der Waals surface area contributed by atoms with Crippen molar-refractivity contribution < 1.29 is 4.79 Å². The first-order chi connectivity index (χ1) is 11.8. The number of fused-ring (bicyclic) bond motifs is 1. The Labute approximate surface area is 151 Å². The predicted molar refractivity (Wildman–Crippen MR) is 101 cm³/mol. The lowest BCUT2D eigenvalue weighted by Crippen LogP contribution is -2.43. The summed E-state index contributed by atoms with van der Waals surface area (Å²) in [7, 11) is 1.94. The Morgan fingerprint density at radius 3 is 2.56 bits per heavy atom. The van der Waals surface area contributed by atoms with E-state index in [9.17, 15) is 4.79 Å². The standard InChI is InChI=1S/C20H32N4O/c1-20(2,3)19(25)23(4)14-15-9-11-24(12-10-15)18-13-16-7-5-6-8-17(16)21-22-18/h13,15H,5-12,14H2,1-4H3. The predicted octanol–water partition coefficient (Wildman–Crippen LogP) is 3.08. The van der Waals surface area contributed by atoms with Gasteiger partial charge in [-0.15, -0.1) is 5.10 Å². The third kappa shape index (κ3) is 4.31. The smallest absolute Gasteiger partial charge is 0.227 e. The molecule has 1 aromatic rings. The molecule has 2 aliphatic rings. The molecule has 5 nitrogen and oxygen atoms in total. The van der Waals surface area contributed by atoms with Gasteiger partial charge in [0, 0.05) is 32.1 Å². The summed E-state index contributed by atoms with van der Waals surface area (Å²) in [6.45, 7) is 8.85. The van der Waals surface area contributed by atoms with Crippen molar-refractivity contribution in [2.75, 3.05) is 31.6 Å². The van der Waals surface area contributed by atoms with E-state index in [-0.39, 0.29) is 11.3 Å². The van der Waals surface area contributed by atoms with Crippen LogP contribution in [0.2, 0.25) is 0 Å². The molecule has 3 rings (SSSR count). The molecule has 0 unspecified atom stereocenters. The van der Waals surface area contributed by atoms with Crippen molar-refractivity contribution >= 4 is 11.7 Å². The summed E-state index contributed by atoms with van der Waals surface area (Å²) in [5, 5.41) is 8.94. The molecule has 1 fully saturated rings. The minimum atomic E-state index is -0.297. The molecule has 0 bridgehead atoms. The van der Waals surface area contributed by atoms with Crippen molar-refractivity contribution in [3.05, 3.63) is 17.3 Å². The Bertz CT molecular complexity index is 615. The summed E-state index contributed by atoms with van der Waals surface area (Å²) in [5.74, 6) is 1.85. The number of aromatic nitrogens is 2. The molecular formula is C20H32N4O. The lowest BCUT2D eigenvalue weighted by molar-refractivity contribution is -0.138. The molecule has 138 valence electrons. The average molecular weight is 345 g/mol. The third-order valence-electron chi connectivity index (χ3n) is 5.52. The quantitative estimate of drug-likeness (QED) is 0.845. The molecule has 1 saturated heterocycles. The highest BCUT2D eigenvalue weighted by atomic mass is 16.2. The molecule has 0 aromatic carbocycles. The monoisotopic (exact) mass is 344 g/mol. The largest absolute Gasteiger partial charge is 0.355 e. The van der Waals surface area contributed by atoms with Crippen LogP contribution in [-0.4, -0.2) is 47.7 Å². The van der Waals surface area contributed by atoms with E-state index in [0.29, 0.717) is 5.92 Å². The van der Waals surface area contributed by atoms with Gasteiger partial charge in [-0.05, 0) is 56.1 Å². The summed E-state index contributed by atoms with van der Waals surface area (Å²) in [6.07, 6.45) is 6.97. The fourth-order valence-corrected chi connectivity index (χ4v) is 4.02. The minimum Gasteiger partial charge on any atom is -0.355 e. The second kappa shape index (κ2) is 7.30. The van der Waals surface area contributed by atoms with Crippen LogP contribution < -0.4 is 4.90 Å². The van der Waals surface area contributed by atoms with Gasteiger partial charge in [0.05, 0.1) is 5.69 Å². The van der Waals surface area contributed by atoms with E-state index in [1.165, 1.54) is 24.1 Å². The number of anilines is 1. The van der Waals surface area contributed by atoms with E-state index in [4.69, 9.17) is 0 Å². The van der Waals surface area contributed by atoms with E-state index in [2.05, 4.69) is 21.2 Å². The molecule has 25 heavy (non-hydrogen) atoms. The van der Waals surface area contributed by atoms with Crippen molar-refractivity contribution in [2.45, 2.75) is 59.3 Å². The molecule has 0 atom stereocenters. The van der Waals surface area contributed by atoms with Crippen LogP contribution in [0, 0.1) is 11.3 Å². The maximum Gasteiger partial charge on any atom is 0.227 e. The van der Waals surface area contributed by atoms with Crippen LogP contribution in [0.5, 0.6) is 0 Å². The highest BCUT2D eigenvalue weighted by Gasteiger charge is 2.28. The highest BCUT2D eigenvalue weighted by Crippen LogP contribution is 2.26. The average Bonchev–Trinajstić information content (AvgIpc) is 2.60. The van der Waals surface area contributed by atoms with Crippen molar-refractivity contribution in [1.29, 1.82) is 0 Å². The van der Waals surface area contributed by atoms with E-state index in [0.717, 1.165) is 51.1 Å². The molecule has 2 heterocycles. The number of aryl methyl sites for hydroxylation is 2. The van der Waals surface area contributed by atoms with Gasteiger partial charge in [-0.25, -0.2) is 0 Å². The topological polar surface area (TPSA) is 49.3 Å². The zero-order chi connectivity index (χ0) is 18.0. The number of piperidine rings is 1. The van der Waals surface area contributed by atoms with Gasteiger partial charge in [0.1, 0.15) is 0 Å². The molecule has 1 aromatic heterocycles. The van der Waals surface area contributed by atoms with Gasteiger partial charge in [0.15, 0.2) is 5.82 Å². The molecule has 1 amide bonds. The molecule has 1 aliphatic carbocycles. The fraction of sp³-hybridized carbons (Fsp3) is 0.750. The van der Waals surface area contributed by atoms with Gasteiger partial charge in [-0.2, -0.15) is 5.10 Å². The Morgan fingerprint density at radius 1 is 1.20 bits per heavy atom. The first-order valence-electron chi connectivity index (χ1n) is 9.70. The Balaban J connectivity index is 1.54. The van der Waals surface area contributed by atoms with Crippen LogP contribution >= 0.6 is 0 Å². The van der Waals surface area contributed by atoms with Gasteiger partial charge in [0.25, 0.3) is 0 Å². The van der Waals surface area contributed by atoms with Crippen LogP contribution in [-0.2, 0) is 17.6 Å². The zero-order valence-corrected chi connectivity index (χ0v) is 16.2. The first-order valence-corrected chi connectivity index (χ1v) is 9.70. The number of nitrogens with zero attached hydrogens (tertiary/aromatic N) is 4. The Kier molecular flexibility index (Phi) is 5.30. The van der Waals surface area contributed by atoms with E-state index in [1.54, 1.807) is 0 Å². The summed E-state index contributed by atoms with van der Waals surface area (Å²) in [6, 6.07) is 2.26. The molecule has 1 aliphatic heterocycles. The fourth-order valence-electron chi connectivity index (χ4n) is 4.02. The Hall–Kier alpha value is -1.65. The lowest BCUT2D eigenvalue weighted by atomic mass is 9.92. The zero-order valence-electron chi connectivity index (χ0n) is 16.2. The van der Waals surface area contributed by atoms with Crippen LogP contribution in [0.4, 0.5) is 5.82 Å². The van der Waals surface area contributed by atoms with Gasteiger partial charge in [-0.3, -0.25) is 4.79 Å². The second-order valence-electron chi connectivity index (χ2n) is 8.75. The van der Waals surface area contributed by atoms with Gasteiger partial charge in [-0.1, -0.05) is 20.8 Å². The molecule has 0 radical (unpaired) electrons. The van der Waals surface area contributed by atoms with Crippen molar-refractivity contribution in [2.24, 2.45) is 11.3 Å². The maximum atomic E-state index is 12.4.